The Labute approximate surface area is 133 Å². The summed E-state index contributed by atoms with van der Waals surface area (Å²) < 4.78 is 27.7. The third-order valence-corrected chi connectivity index (χ3v) is 3.34. The standard InChI is InChI=1S/C15H11BrF2N2O2/c1-8-7-9(16)5-6-12(8)19-14(21)15(22)20-13-10(17)3-2-4-11(13)18/h2-7H,1H3,(H,19,21)(H,20,22). The molecule has 0 saturated heterocycles. The predicted molar refractivity (Wildman–Crippen MR) is 82.5 cm³/mol. The first-order chi connectivity index (χ1) is 10.4. The van der Waals surface area contributed by atoms with Crippen molar-refractivity contribution in [2.75, 3.05) is 10.6 Å². The van der Waals surface area contributed by atoms with Crippen LogP contribution in [0.5, 0.6) is 0 Å². The normalized spacial score (nSPS) is 10.2. The summed E-state index contributed by atoms with van der Waals surface area (Å²) in [5.41, 5.74) is 0.500. The first kappa shape index (κ1) is 16.1. The number of rotatable bonds is 2. The molecule has 0 atom stereocenters. The molecule has 0 heterocycles. The molecule has 2 rings (SSSR count). The Balaban J connectivity index is 2.11. The summed E-state index contributed by atoms with van der Waals surface area (Å²) in [7, 11) is 0. The summed E-state index contributed by atoms with van der Waals surface area (Å²) in [6, 6.07) is 8.17. The van der Waals surface area contributed by atoms with Gasteiger partial charge in [-0.3, -0.25) is 9.59 Å². The van der Waals surface area contributed by atoms with Gasteiger partial charge >= 0.3 is 11.8 Å². The Morgan fingerprint density at radius 3 is 2.18 bits per heavy atom. The smallest absolute Gasteiger partial charge is 0.314 e. The molecule has 4 nitrogen and oxygen atoms in total. The zero-order valence-corrected chi connectivity index (χ0v) is 13.0. The molecule has 2 N–H and O–H groups in total. The number of hydrogen-bond acceptors (Lipinski definition) is 2. The number of carbonyl (C=O) groups is 2. The molecule has 0 aliphatic carbocycles. The Morgan fingerprint density at radius 2 is 1.59 bits per heavy atom. The van der Waals surface area contributed by atoms with Gasteiger partial charge in [-0.05, 0) is 42.8 Å². The monoisotopic (exact) mass is 368 g/mol. The van der Waals surface area contributed by atoms with Crippen molar-refractivity contribution in [3.05, 3.63) is 58.1 Å². The maximum absolute atomic E-state index is 13.4. The van der Waals surface area contributed by atoms with Gasteiger partial charge < -0.3 is 10.6 Å². The molecule has 2 amide bonds. The average Bonchev–Trinajstić information content (AvgIpc) is 2.45. The molecule has 0 spiro atoms. The zero-order chi connectivity index (χ0) is 16.3. The molecule has 0 unspecified atom stereocenters. The minimum Gasteiger partial charge on any atom is -0.318 e. The quantitative estimate of drug-likeness (QED) is 0.795. The van der Waals surface area contributed by atoms with Gasteiger partial charge in [-0.25, -0.2) is 8.78 Å². The van der Waals surface area contributed by atoms with Crippen molar-refractivity contribution in [1.82, 2.24) is 0 Å². The second-order valence-corrected chi connectivity index (χ2v) is 5.38. The fourth-order valence-corrected chi connectivity index (χ4v) is 2.21. The van der Waals surface area contributed by atoms with Crippen LogP contribution in [0, 0.1) is 18.6 Å². The molecule has 0 fully saturated rings. The number of para-hydroxylation sites is 1. The van der Waals surface area contributed by atoms with E-state index in [9.17, 15) is 18.4 Å². The van der Waals surface area contributed by atoms with Crippen molar-refractivity contribution < 1.29 is 18.4 Å². The van der Waals surface area contributed by atoms with Crippen LogP contribution in [0.15, 0.2) is 40.9 Å². The van der Waals surface area contributed by atoms with Gasteiger partial charge in [0.1, 0.15) is 17.3 Å². The van der Waals surface area contributed by atoms with Crippen LogP contribution in [0.3, 0.4) is 0 Å². The SMILES string of the molecule is Cc1cc(Br)ccc1NC(=O)C(=O)Nc1c(F)cccc1F. The van der Waals surface area contributed by atoms with Gasteiger partial charge in [0, 0.05) is 10.2 Å². The largest absolute Gasteiger partial charge is 0.318 e. The van der Waals surface area contributed by atoms with Crippen LogP contribution in [0.2, 0.25) is 0 Å². The molecular formula is C15H11BrF2N2O2. The van der Waals surface area contributed by atoms with Crippen LogP contribution in [-0.4, -0.2) is 11.8 Å². The van der Waals surface area contributed by atoms with E-state index in [1.807, 2.05) is 5.32 Å². The Bertz CT molecular complexity index is 730. The molecule has 7 heteroatoms. The highest BCUT2D eigenvalue weighted by atomic mass is 79.9. The molecule has 0 radical (unpaired) electrons. The summed E-state index contributed by atoms with van der Waals surface area (Å²) >= 11 is 3.28. The van der Waals surface area contributed by atoms with Gasteiger partial charge in [-0.15, -0.1) is 0 Å². The van der Waals surface area contributed by atoms with Gasteiger partial charge in [0.15, 0.2) is 0 Å². The van der Waals surface area contributed by atoms with E-state index in [1.165, 1.54) is 0 Å². The molecule has 114 valence electrons. The van der Waals surface area contributed by atoms with Crippen LogP contribution in [-0.2, 0) is 9.59 Å². The lowest BCUT2D eigenvalue weighted by Gasteiger charge is -2.10. The van der Waals surface area contributed by atoms with E-state index >= 15 is 0 Å². The molecular weight excluding hydrogens is 358 g/mol. The van der Waals surface area contributed by atoms with E-state index in [0.29, 0.717) is 5.69 Å². The van der Waals surface area contributed by atoms with Gasteiger partial charge in [-0.1, -0.05) is 22.0 Å². The minimum absolute atomic E-state index is 0.428. The highest BCUT2D eigenvalue weighted by Gasteiger charge is 2.18. The van der Waals surface area contributed by atoms with E-state index in [1.54, 1.807) is 25.1 Å². The Kier molecular flexibility index (Phi) is 4.87. The van der Waals surface area contributed by atoms with Crippen molar-refractivity contribution in [3.8, 4) is 0 Å². The van der Waals surface area contributed by atoms with Crippen molar-refractivity contribution in [3.63, 3.8) is 0 Å². The molecule has 0 aromatic heterocycles. The third-order valence-electron chi connectivity index (χ3n) is 2.84. The van der Waals surface area contributed by atoms with Crippen LogP contribution in [0.1, 0.15) is 5.56 Å². The fourth-order valence-electron chi connectivity index (χ4n) is 1.73. The summed E-state index contributed by atoms with van der Waals surface area (Å²) in [6.07, 6.45) is 0. The lowest BCUT2D eigenvalue weighted by atomic mass is 10.2. The van der Waals surface area contributed by atoms with Crippen LogP contribution in [0.25, 0.3) is 0 Å². The van der Waals surface area contributed by atoms with E-state index in [4.69, 9.17) is 0 Å². The number of hydrogen-bond donors (Lipinski definition) is 2. The van der Waals surface area contributed by atoms with Gasteiger partial charge in [-0.2, -0.15) is 0 Å². The summed E-state index contributed by atoms with van der Waals surface area (Å²) in [5, 5.41) is 4.30. The van der Waals surface area contributed by atoms with E-state index in [-0.39, 0.29) is 0 Å². The Hall–Kier alpha value is -2.28. The van der Waals surface area contributed by atoms with Crippen molar-refractivity contribution in [1.29, 1.82) is 0 Å². The van der Waals surface area contributed by atoms with Crippen LogP contribution in [0.4, 0.5) is 20.2 Å². The molecule has 2 aromatic rings. The average molecular weight is 369 g/mol. The van der Waals surface area contributed by atoms with Gasteiger partial charge in [0.2, 0.25) is 0 Å². The third kappa shape index (κ3) is 3.67. The summed E-state index contributed by atoms with van der Waals surface area (Å²) in [4.78, 5) is 23.5. The topological polar surface area (TPSA) is 58.2 Å². The minimum atomic E-state index is -1.16. The highest BCUT2D eigenvalue weighted by molar-refractivity contribution is 9.10. The second kappa shape index (κ2) is 6.65. The number of carbonyl (C=O) groups excluding carboxylic acids is 2. The lowest BCUT2D eigenvalue weighted by Crippen LogP contribution is -2.30. The van der Waals surface area contributed by atoms with Gasteiger partial charge in [0.05, 0.1) is 0 Å². The Morgan fingerprint density at radius 1 is 1.00 bits per heavy atom. The summed E-state index contributed by atoms with van der Waals surface area (Å²) in [6.45, 7) is 1.74. The number of nitrogens with one attached hydrogen (secondary N) is 2. The van der Waals surface area contributed by atoms with E-state index in [0.717, 1.165) is 28.2 Å². The van der Waals surface area contributed by atoms with Crippen molar-refractivity contribution in [2.24, 2.45) is 0 Å². The molecule has 0 aliphatic heterocycles. The molecule has 2 aromatic carbocycles. The molecule has 0 saturated carbocycles. The second-order valence-electron chi connectivity index (χ2n) is 4.46. The van der Waals surface area contributed by atoms with Crippen molar-refractivity contribution >= 4 is 39.1 Å². The zero-order valence-electron chi connectivity index (χ0n) is 11.4. The number of amides is 2. The molecule has 0 aliphatic rings. The summed E-state index contributed by atoms with van der Waals surface area (Å²) in [5.74, 6) is -4.10. The van der Waals surface area contributed by atoms with Gasteiger partial charge in [0.25, 0.3) is 0 Å². The molecule has 0 bridgehead atoms. The first-order valence-electron chi connectivity index (χ1n) is 6.21. The van der Waals surface area contributed by atoms with Crippen molar-refractivity contribution in [2.45, 2.75) is 6.92 Å². The predicted octanol–water partition coefficient (Wildman–Crippen LogP) is 3.61. The maximum atomic E-state index is 13.4. The van der Waals surface area contributed by atoms with Crippen LogP contribution < -0.4 is 10.6 Å². The number of benzene rings is 2. The molecule has 22 heavy (non-hydrogen) atoms. The number of aryl methyl sites for hydroxylation is 1. The highest BCUT2D eigenvalue weighted by Crippen LogP contribution is 2.21. The van der Waals surface area contributed by atoms with Crippen LogP contribution >= 0.6 is 15.9 Å². The number of anilines is 2. The van der Waals surface area contributed by atoms with E-state index in [2.05, 4.69) is 21.2 Å². The lowest BCUT2D eigenvalue weighted by molar-refractivity contribution is -0.133. The van der Waals surface area contributed by atoms with E-state index < -0.39 is 29.1 Å². The number of halogens is 3. The fraction of sp³-hybridized carbons (Fsp3) is 0.0667. The maximum Gasteiger partial charge on any atom is 0.314 e. The first-order valence-corrected chi connectivity index (χ1v) is 7.00.